The first-order valence-corrected chi connectivity index (χ1v) is 7.81. The Balaban J connectivity index is 2.22. The summed E-state index contributed by atoms with van der Waals surface area (Å²) in [6.07, 6.45) is -0.585. The molecule has 2 rings (SSSR count). The number of anilines is 1. The molecule has 1 aliphatic carbocycles. The number of benzene rings is 1. The van der Waals surface area contributed by atoms with E-state index in [4.69, 9.17) is 0 Å². The third-order valence-electron chi connectivity index (χ3n) is 4.09. The summed E-state index contributed by atoms with van der Waals surface area (Å²) in [7, 11) is 0. The van der Waals surface area contributed by atoms with Crippen LogP contribution in [-0.4, -0.2) is 17.3 Å². The van der Waals surface area contributed by atoms with Crippen LogP contribution in [0.2, 0.25) is 0 Å². The molecule has 1 aromatic carbocycles. The van der Waals surface area contributed by atoms with Gasteiger partial charge in [0.05, 0.1) is 17.7 Å². The largest absolute Gasteiger partial charge is 0.416 e. The normalized spacial score (nSPS) is 26.7. The lowest BCUT2D eigenvalue weighted by Gasteiger charge is -2.40. The third kappa shape index (κ3) is 3.92. The molecule has 2 nitrogen and oxygen atoms in total. The van der Waals surface area contributed by atoms with Gasteiger partial charge in [0.15, 0.2) is 0 Å². The van der Waals surface area contributed by atoms with E-state index in [2.05, 4.69) is 28.2 Å². The maximum Gasteiger partial charge on any atom is 0.416 e. The van der Waals surface area contributed by atoms with Crippen molar-refractivity contribution in [2.75, 3.05) is 11.9 Å². The second-order valence-electron chi connectivity index (χ2n) is 5.96. The third-order valence-corrected chi connectivity index (χ3v) is 4.75. The van der Waals surface area contributed by atoms with Crippen LogP contribution in [0, 0.1) is 5.92 Å². The van der Waals surface area contributed by atoms with E-state index in [-0.39, 0.29) is 6.61 Å². The van der Waals surface area contributed by atoms with Crippen LogP contribution in [0.3, 0.4) is 0 Å². The number of rotatable bonds is 3. The van der Waals surface area contributed by atoms with Gasteiger partial charge in [0.1, 0.15) is 0 Å². The number of hydrogen-bond acceptors (Lipinski definition) is 2. The highest BCUT2D eigenvalue weighted by Crippen LogP contribution is 2.38. The van der Waals surface area contributed by atoms with Gasteiger partial charge >= 0.3 is 6.18 Å². The van der Waals surface area contributed by atoms with E-state index < -0.39 is 17.3 Å². The molecule has 0 radical (unpaired) electrons. The molecule has 1 saturated carbocycles. The zero-order valence-electron chi connectivity index (χ0n) is 11.8. The predicted octanol–water partition coefficient (Wildman–Crippen LogP) is 4.82. The summed E-state index contributed by atoms with van der Waals surface area (Å²) in [6, 6.07) is 3.55. The topological polar surface area (TPSA) is 32.3 Å². The Morgan fingerprint density at radius 2 is 2.14 bits per heavy atom. The molecule has 21 heavy (non-hydrogen) atoms. The Kier molecular flexibility index (Phi) is 4.88. The van der Waals surface area contributed by atoms with Crippen molar-refractivity contribution in [3.63, 3.8) is 0 Å². The lowest BCUT2D eigenvalue weighted by atomic mass is 9.76. The average molecular weight is 366 g/mol. The quantitative estimate of drug-likeness (QED) is 0.804. The fraction of sp³-hybridized carbons (Fsp3) is 0.600. The maximum atomic E-state index is 12.7. The minimum absolute atomic E-state index is 0.0230. The lowest BCUT2D eigenvalue weighted by molar-refractivity contribution is -0.137. The van der Waals surface area contributed by atoms with Crippen molar-refractivity contribution in [3.05, 3.63) is 28.2 Å². The Morgan fingerprint density at radius 3 is 2.67 bits per heavy atom. The van der Waals surface area contributed by atoms with Crippen molar-refractivity contribution in [3.8, 4) is 0 Å². The Hall–Kier alpha value is -0.750. The first kappa shape index (κ1) is 16.6. The van der Waals surface area contributed by atoms with E-state index in [9.17, 15) is 18.3 Å². The van der Waals surface area contributed by atoms with Crippen molar-refractivity contribution in [2.45, 2.75) is 44.3 Å². The van der Waals surface area contributed by atoms with Crippen molar-refractivity contribution < 1.29 is 18.3 Å². The minimum Gasteiger partial charge on any atom is -0.394 e. The Morgan fingerprint density at radius 1 is 1.43 bits per heavy atom. The maximum absolute atomic E-state index is 12.7. The summed E-state index contributed by atoms with van der Waals surface area (Å²) in [5.74, 6) is 0.492. The summed E-state index contributed by atoms with van der Waals surface area (Å²) in [6.45, 7) is 2.11. The van der Waals surface area contributed by atoms with Crippen LogP contribution in [-0.2, 0) is 6.18 Å². The van der Waals surface area contributed by atoms with Gasteiger partial charge in [0, 0.05) is 10.2 Å². The number of aliphatic hydroxyl groups excluding tert-OH is 1. The number of alkyl halides is 3. The molecular formula is C15H19BrF3NO. The summed E-state index contributed by atoms with van der Waals surface area (Å²) < 4.78 is 38.4. The highest BCUT2D eigenvalue weighted by molar-refractivity contribution is 9.10. The molecule has 6 heteroatoms. The van der Waals surface area contributed by atoms with Gasteiger partial charge in [-0.1, -0.05) is 19.8 Å². The molecule has 1 aliphatic rings. The molecule has 0 spiro atoms. The Bertz CT molecular complexity index is 506. The van der Waals surface area contributed by atoms with Crippen LogP contribution in [0.25, 0.3) is 0 Å². The number of aliphatic hydroxyl groups is 1. The molecule has 0 bridgehead atoms. The van der Waals surface area contributed by atoms with Crippen molar-refractivity contribution in [1.29, 1.82) is 0 Å². The number of halogens is 4. The van der Waals surface area contributed by atoms with Gasteiger partial charge in [-0.05, 0) is 52.9 Å². The minimum atomic E-state index is -4.35. The first-order chi connectivity index (χ1) is 9.76. The molecule has 0 aromatic heterocycles. The van der Waals surface area contributed by atoms with E-state index in [1.165, 1.54) is 6.07 Å². The van der Waals surface area contributed by atoms with Crippen molar-refractivity contribution >= 4 is 21.6 Å². The lowest BCUT2D eigenvalue weighted by Crippen LogP contribution is -2.46. The molecule has 0 aliphatic heterocycles. The molecular weight excluding hydrogens is 347 g/mol. The zero-order chi connectivity index (χ0) is 15.7. The van der Waals surface area contributed by atoms with Crippen LogP contribution in [0.5, 0.6) is 0 Å². The van der Waals surface area contributed by atoms with Gasteiger partial charge in [-0.3, -0.25) is 0 Å². The van der Waals surface area contributed by atoms with Crippen molar-refractivity contribution in [2.24, 2.45) is 5.92 Å². The van der Waals surface area contributed by atoms with Gasteiger partial charge in [-0.2, -0.15) is 13.2 Å². The average Bonchev–Trinajstić information content (AvgIpc) is 2.40. The highest BCUT2D eigenvalue weighted by atomic mass is 79.9. The molecule has 2 unspecified atom stereocenters. The van der Waals surface area contributed by atoms with E-state index in [1.807, 2.05) is 0 Å². The van der Waals surface area contributed by atoms with E-state index in [1.54, 1.807) is 0 Å². The van der Waals surface area contributed by atoms with Gasteiger partial charge in [-0.15, -0.1) is 0 Å². The van der Waals surface area contributed by atoms with Crippen LogP contribution >= 0.6 is 15.9 Å². The van der Waals surface area contributed by atoms with Crippen LogP contribution in [0.15, 0.2) is 22.7 Å². The van der Waals surface area contributed by atoms with E-state index in [0.717, 1.165) is 37.8 Å². The molecule has 0 amide bonds. The number of nitrogens with one attached hydrogen (secondary N) is 1. The van der Waals surface area contributed by atoms with Crippen LogP contribution < -0.4 is 5.32 Å². The summed E-state index contributed by atoms with van der Waals surface area (Å²) in [5.41, 5.74) is -0.541. The van der Waals surface area contributed by atoms with E-state index >= 15 is 0 Å². The Labute approximate surface area is 130 Å². The molecule has 118 valence electrons. The van der Waals surface area contributed by atoms with Crippen molar-refractivity contribution in [1.82, 2.24) is 0 Å². The summed E-state index contributed by atoms with van der Waals surface area (Å²) >= 11 is 3.19. The van der Waals surface area contributed by atoms with Gasteiger partial charge in [0.25, 0.3) is 0 Å². The summed E-state index contributed by atoms with van der Waals surface area (Å²) in [5, 5.41) is 13.0. The van der Waals surface area contributed by atoms with Gasteiger partial charge < -0.3 is 10.4 Å². The second-order valence-corrected chi connectivity index (χ2v) is 6.81. The van der Waals surface area contributed by atoms with Gasteiger partial charge in [0.2, 0.25) is 0 Å². The molecule has 1 aromatic rings. The molecule has 0 heterocycles. The van der Waals surface area contributed by atoms with Crippen LogP contribution in [0.4, 0.5) is 18.9 Å². The fourth-order valence-corrected chi connectivity index (χ4v) is 3.51. The monoisotopic (exact) mass is 365 g/mol. The molecule has 1 fully saturated rings. The van der Waals surface area contributed by atoms with Crippen LogP contribution in [0.1, 0.15) is 38.2 Å². The molecule has 2 atom stereocenters. The SMILES string of the molecule is CC1CCCC(CO)(Nc2ccc(C(F)(F)F)cc2Br)C1. The standard InChI is InChI=1S/C15H19BrF3NO/c1-10-3-2-6-14(8-10,9-21)20-13-5-4-11(7-12(13)16)15(17,18)19/h4-5,7,10,20-21H,2-3,6,8-9H2,1H3. The summed E-state index contributed by atoms with van der Waals surface area (Å²) in [4.78, 5) is 0. The molecule has 2 N–H and O–H groups in total. The molecule has 0 saturated heterocycles. The van der Waals surface area contributed by atoms with E-state index in [0.29, 0.717) is 16.1 Å². The second kappa shape index (κ2) is 6.16. The first-order valence-electron chi connectivity index (χ1n) is 7.01. The fourth-order valence-electron chi connectivity index (χ4n) is 3.04. The zero-order valence-corrected chi connectivity index (χ0v) is 13.4. The van der Waals surface area contributed by atoms with Gasteiger partial charge in [-0.25, -0.2) is 0 Å². The predicted molar refractivity (Wildman–Crippen MR) is 80.2 cm³/mol. The highest BCUT2D eigenvalue weighted by Gasteiger charge is 2.35. The smallest absolute Gasteiger partial charge is 0.394 e. The number of hydrogen-bond donors (Lipinski definition) is 2.